The van der Waals surface area contributed by atoms with E-state index in [1.165, 1.54) is 6.08 Å². The molecule has 1 saturated carbocycles. The number of ether oxygens (including phenoxy) is 1. The summed E-state index contributed by atoms with van der Waals surface area (Å²) in [6.07, 6.45) is 4.48. The molecule has 24 heavy (non-hydrogen) atoms. The second kappa shape index (κ2) is 6.83. The van der Waals surface area contributed by atoms with Gasteiger partial charge in [0.1, 0.15) is 12.9 Å². The smallest absolute Gasteiger partial charge is 0.316 e. The van der Waals surface area contributed by atoms with Gasteiger partial charge in [-0.25, -0.2) is 0 Å². The lowest BCUT2D eigenvalue weighted by Gasteiger charge is -2.13. The summed E-state index contributed by atoms with van der Waals surface area (Å²) < 4.78 is 5.53. The third-order valence-corrected chi connectivity index (χ3v) is 4.51. The molecule has 2 aromatic carbocycles. The Morgan fingerprint density at radius 2 is 2.00 bits per heavy atom. The number of rotatable bonds is 6. The number of benzene rings is 2. The molecule has 122 valence electrons. The number of carbonyl (C=O) groups excluding carboxylic acids is 2. The quantitative estimate of drug-likeness (QED) is 0.459. The summed E-state index contributed by atoms with van der Waals surface area (Å²) in [5.74, 6) is -0.201. The van der Waals surface area contributed by atoms with Crippen LogP contribution in [0.25, 0.3) is 0 Å². The highest BCUT2D eigenvalue weighted by Gasteiger charge is 2.60. The van der Waals surface area contributed by atoms with Crippen molar-refractivity contribution in [2.75, 3.05) is 0 Å². The van der Waals surface area contributed by atoms with Gasteiger partial charge in [0.05, 0.1) is 5.41 Å². The molecule has 0 spiro atoms. The summed E-state index contributed by atoms with van der Waals surface area (Å²) in [5.41, 5.74) is 2.50. The van der Waals surface area contributed by atoms with E-state index in [0.29, 0.717) is 12.7 Å². The molecule has 3 rings (SSSR count). The van der Waals surface area contributed by atoms with E-state index in [1.807, 2.05) is 55.5 Å². The monoisotopic (exact) mass is 320 g/mol. The Bertz CT molecular complexity index is 764. The Hall–Kier alpha value is -2.68. The highest BCUT2D eigenvalue weighted by atomic mass is 16.5. The Balaban J connectivity index is 1.76. The summed E-state index contributed by atoms with van der Waals surface area (Å²) >= 11 is 0. The van der Waals surface area contributed by atoms with Gasteiger partial charge in [-0.05, 0) is 30.5 Å². The van der Waals surface area contributed by atoms with Crippen LogP contribution >= 0.6 is 0 Å². The fourth-order valence-corrected chi connectivity index (χ4v) is 3.13. The first-order valence-corrected chi connectivity index (χ1v) is 8.06. The lowest BCUT2D eigenvalue weighted by Crippen LogP contribution is -2.19. The molecule has 3 nitrogen and oxygen atoms in total. The molecule has 0 aromatic heterocycles. The van der Waals surface area contributed by atoms with Crippen LogP contribution in [0.1, 0.15) is 29.0 Å². The molecule has 1 fully saturated rings. The van der Waals surface area contributed by atoms with E-state index in [4.69, 9.17) is 4.74 Å². The number of esters is 1. The van der Waals surface area contributed by atoms with E-state index >= 15 is 0 Å². The Kier molecular flexibility index (Phi) is 4.61. The van der Waals surface area contributed by atoms with Crippen LogP contribution in [0.2, 0.25) is 0 Å². The second-order valence-corrected chi connectivity index (χ2v) is 6.27. The fraction of sp³-hybridized carbons (Fsp3) is 0.238. The van der Waals surface area contributed by atoms with Crippen molar-refractivity contribution in [1.29, 1.82) is 0 Å². The normalized spacial score (nSPS) is 22.3. The highest BCUT2D eigenvalue weighted by Crippen LogP contribution is 2.61. The van der Waals surface area contributed by atoms with Crippen LogP contribution < -0.4 is 0 Å². The maximum absolute atomic E-state index is 12.7. The number of aryl methyl sites for hydroxylation is 1. The van der Waals surface area contributed by atoms with Crippen molar-refractivity contribution in [1.82, 2.24) is 0 Å². The molecule has 0 aliphatic heterocycles. The maximum atomic E-state index is 12.7. The molecule has 0 heterocycles. The topological polar surface area (TPSA) is 43.4 Å². The molecule has 0 N–H and O–H groups in total. The Morgan fingerprint density at radius 3 is 2.71 bits per heavy atom. The summed E-state index contributed by atoms with van der Waals surface area (Å²) in [4.78, 5) is 23.4. The molecule has 3 heteroatoms. The number of aldehydes is 1. The third-order valence-electron chi connectivity index (χ3n) is 4.51. The van der Waals surface area contributed by atoms with Gasteiger partial charge < -0.3 is 4.74 Å². The van der Waals surface area contributed by atoms with Crippen molar-refractivity contribution in [3.8, 4) is 0 Å². The van der Waals surface area contributed by atoms with Crippen LogP contribution in [0, 0.1) is 12.3 Å². The van der Waals surface area contributed by atoms with Crippen LogP contribution in [0.15, 0.2) is 66.7 Å². The van der Waals surface area contributed by atoms with E-state index in [1.54, 1.807) is 6.08 Å². The zero-order chi connectivity index (χ0) is 17.0. The van der Waals surface area contributed by atoms with Crippen LogP contribution in [0.4, 0.5) is 0 Å². The first-order valence-electron chi connectivity index (χ1n) is 8.06. The molecular formula is C21H20O3. The largest absolute Gasteiger partial charge is 0.460 e. The molecule has 0 bridgehead atoms. The van der Waals surface area contributed by atoms with Crippen molar-refractivity contribution < 1.29 is 14.3 Å². The van der Waals surface area contributed by atoms with Crippen LogP contribution in [-0.4, -0.2) is 12.3 Å². The molecule has 1 aliphatic rings. The average Bonchev–Trinajstić information content (AvgIpc) is 3.35. The zero-order valence-corrected chi connectivity index (χ0v) is 13.6. The van der Waals surface area contributed by atoms with E-state index in [-0.39, 0.29) is 18.5 Å². The van der Waals surface area contributed by atoms with Gasteiger partial charge in [0.15, 0.2) is 0 Å². The first kappa shape index (κ1) is 16.2. The van der Waals surface area contributed by atoms with Gasteiger partial charge in [-0.15, -0.1) is 0 Å². The minimum absolute atomic E-state index is 0.0665. The first-order chi connectivity index (χ1) is 11.7. The third kappa shape index (κ3) is 3.30. The van der Waals surface area contributed by atoms with Crippen molar-refractivity contribution in [3.63, 3.8) is 0 Å². The minimum atomic E-state index is -0.719. The molecule has 0 saturated heterocycles. The summed E-state index contributed by atoms with van der Waals surface area (Å²) in [5, 5.41) is 0. The van der Waals surface area contributed by atoms with Crippen molar-refractivity contribution in [2.24, 2.45) is 5.41 Å². The molecule has 2 aromatic rings. The van der Waals surface area contributed by atoms with Gasteiger partial charge in [0.2, 0.25) is 0 Å². The predicted molar refractivity (Wildman–Crippen MR) is 92.4 cm³/mol. The van der Waals surface area contributed by atoms with E-state index in [0.717, 1.165) is 16.7 Å². The lowest BCUT2D eigenvalue weighted by molar-refractivity contribution is -0.149. The molecular weight excluding hydrogens is 300 g/mol. The number of allylic oxidation sites excluding steroid dienone is 1. The number of carbonyl (C=O) groups is 2. The highest BCUT2D eigenvalue weighted by molar-refractivity contribution is 5.86. The fourth-order valence-electron chi connectivity index (χ4n) is 3.13. The van der Waals surface area contributed by atoms with Gasteiger partial charge in [0, 0.05) is 5.92 Å². The molecule has 0 radical (unpaired) electrons. The Morgan fingerprint density at radius 1 is 1.21 bits per heavy atom. The average molecular weight is 320 g/mol. The van der Waals surface area contributed by atoms with Gasteiger partial charge in [-0.1, -0.05) is 66.2 Å². The standard InChI is InChI=1S/C21H20O3/c1-16-7-5-10-18(13-16)19-14-21(19,11-6-12-22)20(23)24-15-17-8-3-2-4-9-17/h2-13,19H,14-15H2,1H3/b11-6+/t19-,21+/m1/s1. The van der Waals surface area contributed by atoms with Gasteiger partial charge in [-0.2, -0.15) is 0 Å². The number of hydrogen-bond acceptors (Lipinski definition) is 3. The van der Waals surface area contributed by atoms with E-state index in [2.05, 4.69) is 6.07 Å². The molecule has 0 amide bonds. The van der Waals surface area contributed by atoms with E-state index < -0.39 is 5.41 Å². The van der Waals surface area contributed by atoms with Crippen molar-refractivity contribution in [3.05, 3.63) is 83.4 Å². The van der Waals surface area contributed by atoms with Crippen LogP contribution in [0.3, 0.4) is 0 Å². The summed E-state index contributed by atoms with van der Waals surface area (Å²) in [7, 11) is 0. The Labute approximate surface area is 142 Å². The predicted octanol–water partition coefficient (Wildman–Crippen LogP) is 3.97. The second-order valence-electron chi connectivity index (χ2n) is 6.27. The molecule has 2 atom stereocenters. The summed E-state index contributed by atoms with van der Waals surface area (Å²) in [6, 6.07) is 17.7. The number of hydrogen-bond donors (Lipinski definition) is 0. The van der Waals surface area contributed by atoms with E-state index in [9.17, 15) is 9.59 Å². The minimum Gasteiger partial charge on any atom is -0.460 e. The van der Waals surface area contributed by atoms with Crippen molar-refractivity contribution >= 4 is 12.3 Å². The zero-order valence-electron chi connectivity index (χ0n) is 13.6. The van der Waals surface area contributed by atoms with Crippen LogP contribution in [-0.2, 0) is 20.9 Å². The molecule has 0 unspecified atom stereocenters. The van der Waals surface area contributed by atoms with Gasteiger partial charge >= 0.3 is 5.97 Å². The molecule has 1 aliphatic carbocycles. The van der Waals surface area contributed by atoms with Crippen LogP contribution in [0.5, 0.6) is 0 Å². The summed E-state index contributed by atoms with van der Waals surface area (Å²) in [6.45, 7) is 2.28. The van der Waals surface area contributed by atoms with Gasteiger partial charge in [-0.3, -0.25) is 9.59 Å². The maximum Gasteiger partial charge on any atom is 0.316 e. The van der Waals surface area contributed by atoms with Gasteiger partial charge in [0.25, 0.3) is 0 Å². The SMILES string of the molecule is Cc1cccc([C@H]2C[C@]2(/C=C/C=O)C(=O)OCc2ccccc2)c1. The lowest BCUT2D eigenvalue weighted by atomic mass is 9.97. The van der Waals surface area contributed by atoms with Crippen molar-refractivity contribution in [2.45, 2.75) is 25.9 Å².